The molecule has 1 aromatic heterocycles. The van der Waals surface area contributed by atoms with Gasteiger partial charge in [-0.1, -0.05) is 12.1 Å². The number of aromatic nitrogens is 2. The maximum Gasteiger partial charge on any atom is 0.409 e. The molecule has 148 valence electrons. The summed E-state index contributed by atoms with van der Waals surface area (Å²) in [4.78, 5) is 34.7. The van der Waals surface area contributed by atoms with Crippen LogP contribution in [0.1, 0.15) is 6.92 Å². The van der Waals surface area contributed by atoms with Crippen molar-refractivity contribution in [2.24, 2.45) is 0 Å². The van der Waals surface area contributed by atoms with Crippen LogP contribution in [0.3, 0.4) is 0 Å². The van der Waals surface area contributed by atoms with E-state index in [1.807, 2.05) is 18.2 Å². The van der Waals surface area contributed by atoms with Gasteiger partial charge in [-0.15, -0.1) is 0 Å². The molecule has 2 heterocycles. The third-order valence-electron chi connectivity index (χ3n) is 4.22. The molecular weight excluding hydrogens is 432 g/mol. The summed E-state index contributed by atoms with van der Waals surface area (Å²) in [6.45, 7) is 3.66. The molecule has 28 heavy (non-hydrogen) atoms. The van der Waals surface area contributed by atoms with Gasteiger partial charge in [0, 0.05) is 30.7 Å². The van der Waals surface area contributed by atoms with Crippen LogP contribution in [0.15, 0.2) is 35.1 Å². The summed E-state index contributed by atoms with van der Waals surface area (Å²) in [5, 5.41) is 14.8. The normalized spacial score (nSPS) is 13.9. The number of hydrogen-bond donors (Lipinski definition) is 1. The first kappa shape index (κ1) is 19.8. The zero-order valence-electron chi connectivity index (χ0n) is 15.2. The summed E-state index contributed by atoms with van der Waals surface area (Å²) in [5.74, 6) is 0.327. The SMILES string of the molecule is CCOC(=O)N1CCN(c2ncnc(Nc3ccccc3Br)c2[N+](=O)[O-])CC1. The molecule has 1 aromatic carbocycles. The molecular formula is C17H19BrN6O4. The van der Waals surface area contributed by atoms with E-state index in [0.29, 0.717) is 38.5 Å². The highest BCUT2D eigenvalue weighted by atomic mass is 79.9. The number of para-hydroxylation sites is 1. The van der Waals surface area contributed by atoms with Crippen LogP contribution >= 0.6 is 15.9 Å². The second kappa shape index (κ2) is 8.83. The van der Waals surface area contributed by atoms with Crippen LogP contribution in [0.5, 0.6) is 0 Å². The number of anilines is 3. The lowest BCUT2D eigenvalue weighted by Crippen LogP contribution is -2.49. The van der Waals surface area contributed by atoms with Gasteiger partial charge in [-0.05, 0) is 35.0 Å². The zero-order valence-corrected chi connectivity index (χ0v) is 16.8. The number of carbonyl (C=O) groups is 1. The molecule has 2 aromatic rings. The third-order valence-corrected chi connectivity index (χ3v) is 4.91. The predicted molar refractivity (Wildman–Crippen MR) is 107 cm³/mol. The van der Waals surface area contributed by atoms with Crippen LogP contribution in [0.25, 0.3) is 0 Å². The topological polar surface area (TPSA) is 114 Å². The van der Waals surface area contributed by atoms with E-state index < -0.39 is 4.92 Å². The Morgan fingerprint density at radius 2 is 2.00 bits per heavy atom. The minimum Gasteiger partial charge on any atom is -0.450 e. The highest BCUT2D eigenvalue weighted by Crippen LogP contribution is 2.35. The Hall–Kier alpha value is -2.95. The molecule has 11 heteroatoms. The average molecular weight is 451 g/mol. The maximum absolute atomic E-state index is 11.8. The van der Waals surface area contributed by atoms with Gasteiger partial charge in [-0.25, -0.2) is 14.8 Å². The number of rotatable bonds is 5. The molecule has 1 aliphatic rings. The van der Waals surface area contributed by atoms with Gasteiger partial charge < -0.3 is 19.9 Å². The molecule has 1 amide bonds. The van der Waals surface area contributed by atoms with Crippen LogP contribution in [-0.2, 0) is 4.74 Å². The highest BCUT2D eigenvalue weighted by Gasteiger charge is 2.30. The number of carbonyl (C=O) groups excluding carboxylic acids is 1. The number of ether oxygens (including phenoxy) is 1. The van der Waals surface area contributed by atoms with E-state index in [1.165, 1.54) is 6.33 Å². The molecule has 1 N–H and O–H groups in total. The lowest BCUT2D eigenvalue weighted by atomic mass is 10.3. The van der Waals surface area contributed by atoms with Gasteiger partial charge in [0.05, 0.1) is 17.2 Å². The fourth-order valence-corrected chi connectivity index (χ4v) is 3.25. The third kappa shape index (κ3) is 4.30. The smallest absolute Gasteiger partial charge is 0.409 e. The Bertz CT molecular complexity index is 872. The van der Waals surface area contributed by atoms with E-state index in [2.05, 4.69) is 31.2 Å². The first-order valence-corrected chi connectivity index (χ1v) is 9.48. The van der Waals surface area contributed by atoms with Crippen LogP contribution in [0, 0.1) is 10.1 Å². The minimum atomic E-state index is -0.494. The Labute approximate surface area is 169 Å². The van der Waals surface area contributed by atoms with Crippen molar-refractivity contribution in [2.75, 3.05) is 43.0 Å². The second-order valence-corrected chi connectivity index (χ2v) is 6.78. The Kier molecular flexibility index (Phi) is 6.24. The van der Waals surface area contributed by atoms with Crippen molar-refractivity contribution in [1.29, 1.82) is 0 Å². The number of nitrogens with zero attached hydrogens (tertiary/aromatic N) is 5. The first-order chi connectivity index (χ1) is 13.5. The summed E-state index contributed by atoms with van der Waals surface area (Å²) in [6, 6.07) is 7.27. The van der Waals surface area contributed by atoms with E-state index >= 15 is 0 Å². The maximum atomic E-state index is 11.8. The van der Waals surface area contributed by atoms with Gasteiger partial charge in [0.15, 0.2) is 0 Å². The molecule has 0 bridgehead atoms. The lowest BCUT2D eigenvalue weighted by molar-refractivity contribution is -0.383. The molecule has 10 nitrogen and oxygen atoms in total. The molecule has 1 fully saturated rings. The van der Waals surface area contributed by atoms with Crippen molar-refractivity contribution < 1.29 is 14.5 Å². The number of amides is 1. The molecule has 0 unspecified atom stereocenters. The summed E-state index contributed by atoms with van der Waals surface area (Å²) in [5.41, 5.74) is 0.449. The summed E-state index contributed by atoms with van der Waals surface area (Å²) < 4.78 is 5.76. The second-order valence-electron chi connectivity index (χ2n) is 5.93. The van der Waals surface area contributed by atoms with Gasteiger partial charge >= 0.3 is 11.8 Å². The van der Waals surface area contributed by atoms with Crippen LogP contribution < -0.4 is 10.2 Å². The van der Waals surface area contributed by atoms with Gasteiger partial charge in [0.1, 0.15) is 6.33 Å². The van der Waals surface area contributed by atoms with E-state index in [9.17, 15) is 14.9 Å². The number of benzene rings is 1. The van der Waals surface area contributed by atoms with Crippen molar-refractivity contribution in [3.05, 3.63) is 45.2 Å². The van der Waals surface area contributed by atoms with E-state index in [4.69, 9.17) is 4.74 Å². The molecule has 0 aliphatic carbocycles. The van der Waals surface area contributed by atoms with Gasteiger partial charge in [0.2, 0.25) is 11.6 Å². The number of piperazine rings is 1. The van der Waals surface area contributed by atoms with Crippen molar-refractivity contribution >= 4 is 45.0 Å². The van der Waals surface area contributed by atoms with Gasteiger partial charge in [-0.3, -0.25) is 10.1 Å². The summed E-state index contributed by atoms with van der Waals surface area (Å²) in [6.07, 6.45) is 0.912. The highest BCUT2D eigenvalue weighted by molar-refractivity contribution is 9.10. The van der Waals surface area contributed by atoms with Crippen molar-refractivity contribution in [2.45, 2.75) is 6.92 Å². The standard InChI is InChI=1S/C17H19BrN6O4/c1-2-28-17(25)23-9-7-22(8-10-23)16-14(24(26)27)15(19-11-20-16)21-13-6-4-3-5-12(13)18/h3-6,11H,2,7-10H2,1H3,(H,19,20,21). The number of nitrogens with one attached hydrogen (secondary N) is 1. The zero-order chi connectivity index (χ0) is 20.1. The van der Waals surface area contributed by atoms with Crippen molar-refractivity contribution in [3.8, 4) is 0 Å². The largest absolute Gasteiger partial charge is 0.450 e. The first-order valence-electron chi connectivity index (χ1n) is 8.68. The molecule has 1 aliphatic heterocycles. The van der Waals surface area contributed by atoms with Gasteiger partial charge in [-0.2, -0.15) is 0 Å². The molecule has 1 saturated heterocycles. The monoisotopic (exact) mass is 450 g/mol. The number of hydrogen-bond acceptors (Lipinski definition) is 8. The van der Waals surface area contributed by atoms with Crippen LogP contribution in [-0.4, -0.2) is 58.7 Å². The Morgan fingerprint density at radius 3 is 2.64 bits per heavy atom. The number of nitro groups is 1. The lowest BCUT2D eigenvalue weighted by Gasteiger charge is -2.34. The minimum absolute atomic E-state index is 0.106. The summed E-state index contributed by atoms with van der Waals surface area (Å²) >= 11 is 3.41. The van der Waals surface area contributed by atoms with E-state index in [0.717, 1.165) is 4.47 Å². The Morgan fingerprint density at radius 1 is 1.29 bits per heavy atom. The fraction of sp³-hybridized carbons (Fsp3) is 0.353. The van der Waals surface area contributed by atoms with Crippen molar-refractivity contribution in [1.82, 2.24) is 14.9 Å². The molecule has 0 radical (unpaired) electrons. The molecule has 0 saturated carbocycles. The number of halogens is 1. The van der Waals surface area contributed by atoms with E-state index in [-0.39, 0.29) is 23.4 Å². The molecule has 3 rings (SSSR count). The summed E-state index contributed by atoms with van der Waals surface area (Å²) in [7, 11) is 0. The quantitative estimate of drug-likeness (QED) is 0.545. The van der Waals surface area contributed by atoms with E-state index in [1.54, 1.807) is 22.8 Å². The van der Waals surface area contributed by atoms with Gasteiger partial charge in [0.25, 0.3) is 0 Å². The van der Waals surface area contributed by atoms with Crippen LogP contribution in [0.2, 0.25) is 0 Å². The Balaban J connectivity index is 1.83. The molecule has 0 spiro atoms. The van der Waals surface area contributed by atoms with Crippen LogP contribution in [0.4, 0.5) is 27.8 Å². The fourth-order valence-electron chi connectivity index (χ4n) is 2.87. The van der Waals surface area contributed by atoms with Crippen molar-refractivity contribution in [3.63, 3.8) is 0 Å². The predicted octanol–water partition coefficient (Wildman–Crippen LogP) is 3.17. The average Bonchev–Trinajstić information content (AvgIpc) is 2.69. The molecule has 0 atom stereocenters.